The molecule has 18 heavy (non-hydrogen) atoms. The number of ketones is 1. The van der Waals surface area contributed by atoms with Gasteiger partial charge in [0, 0.05) is 24.5 Å². The quantitative estimate of drug-likeness (QED) is 0.841. The molecule has 0 amide bonds. The van der Waals surface area contributed by atoms with E-state index in [1.807, 2.05) is 13.8 Å². The van der Waals surface area contributed by atoms with E-state index >= 15 is 0 Å². The van der Waals surface area contributed by atoms with Crippen LogP contribution < -0.4 is 5.73 Å². The summed E-state index contributed by atoms with van der Waals surface area (Å²) in [5.74, 6) is 0.524. The number of hydrogen-bond acceptors (Lipinski definition) is 3. The Morgan fingerprint density at radius 1 is 1.33 bits per heavy atom. The van der Waals surface area contributed by atoms with Crippen molar-refractivity contribution >= 4 is 5.78 Å². The van der Waals surface area contributed by atoms with Crippen LogP contribution in [0.2, 0.25) is 0 Å². The number of Topliss-reactive ketones (excluding diaryl/α,β-unsaturated/α-hetero) is 1. The first-order chi connectivity index (χ1) is 8.40. The lowest BCUT2D eigenvalue weighted by Gasteiger charge is -2.43. The lowest BCUT2D eigenvalue weighted by molar-refractivity contribution is -0.143. The molecule has 0 radical (unpaired) electrons. The summed E-state index contributed by atoms with van der Waals surface area (Å²) in [6.07, 6.45) is 8.42. The Labute approximate surface area is 110 Å². The topological polar surface area (TPSA) is 52.3 Å². The highest BCUT2D eigenvalue weighted by atomic mass is 16.5. The van der Waals surface area contributed by atoms with Crippen LogP contribution in [0.15, 0.2) is 0 Å². The van der Waals surface area contributed by atoms with Crippen LogP contribution in [-0.4, -0.2) is 23.5 Å². The largest absolute Gasteiger partial charge is 0.375 e. The molecule has 1 aliphatic carbocycles. The first-order valence-corrected chi connectivity index (χ1v) is 7.36. The van der Waals surface area contributed by atoms with Gasteiger partial charge in [0.2, 0.25) is 0 Å². The molecular formula is C15H27NO2. The van der Waals surface area contributed by atoms with Gasteiger partial charge in [-0.15, -0.1) is 0 Å². The molecule has 0 aromatic heterocycles. The Kier molecular flexibility index (Phi) is 4.12. The van der Waals surface area contributed by atoms with Crippen LogP contribution in [0, 0.1) is 5.92 Å². The molecule has 1 saturated heterocycles. The molecule has 2 rings (SSSR count). The van der Waals surface area contributed by atoms with Crippen LogP contribution in [0.3, 0.4) is 0 Å². The van der Waals surface area contributed by atoms with Gasteiger partial charge in [0.15, 0.2) is 0 Å². The molecule has 2 fully saturated rings. The zero-order valence-corrected chi connectivity index (χ0v) is 11.8. The maximum absolute atomic E-state index is 12.3. The molecule has 3 heteroatoms. The van der Waals surface area contributed by atoms with Gasteiger partial charge in [-0.2, -0.15) is 0 Å². The number of rotatable bonds is 3. The van der Waals surface area contributed by atoms with E-state index in [1.54, 1.807) is 0 Å². The fourth-order valence-corrected chi connectivity index (χ4v) is 3.44. The maximum atomic E-state index is 12.3. The molecule has 2 N–H and O–H groups in total. The molecule has 104 valence electrons. The van der Waals surface area contributed by atoms with Gasteiger partial charge in [-0.05, 0) is 39.5 Å². The molecule has 1 heterocycles. The smallest absolute Gasteiger partial charge is 0.137 e. The molecule has 0 bridgehead atoms. The molecule has 1 atom stereocenters. The molecule has 1 unspecified atom stereocenters. The molecule has 1 spiro atoms. The average molecular weight is 253 g/mol. The van der Waals surface area contributed by atoms with E-state index in [2.05, 4.69) is 0 Å². The van der Waals surface area contributed by atoms with E-state index in [4.69, 9.17) is 10.5 Å². The van der Waals surface area contributed by atoms with Crippen LogP contribution in [0.5, 0.6) is 0 Å². The van der Waals surface area contributed by atoms with Crippen molar-refractivity contribution in [3.05, 3.63) is 0 Å². The third kappa shape index (κ3) is 3.55. The van der Waals surface area contributed by atoms with Crippen molar-refractivity contribution in [2.75, 3.05) is 6.61 Å². The first kappa shape index (κ1) is 14.0. The number of carbonyl (C=O) groups excluding carboxylic acids is 1. The van der Waals surface area contributed by atoms with E-state index in [-0.39, 0.29) is 17.1 Å². The summed E-state index contributed by atoms with van der Waals surface area (Å²) in [5.41, 5.74) is 5.60. The van der Waals surface area contributed by atoms with Crippen LogP contribution in [0.4, 0.5) is 0 Å². The minimum atomic E-state index is -0.380. The maximum Gasteiger partial charge on any atom is 0.137 e. The Balaban J connectivity index is 1.95. The van der Waals surface area contributed by atoms with Gasteiger partial charge in [0.25, 0.3) is 0 Å². The van der Waals surface area contributed by atoms with E-state index in [9.17, 15) is 4.79 Å². The van der Waals surface area contributed by atoms with Gasteiger partial charge in [-0.1, -0.05) is 19.3 Å². The highest BCUT2D eigenvalue weighted by Crippen LogP contribution is 2.41. The van der Waals surface area contributed by atoms with Crippen molar-refractivity contribution in [2.24, 2.45) is 11.7 Å². The molecule has 3 nitrogen and oxygen atoms in total. The number of nitrogens with two attached hydrogens (primary N) is 1. The summed E-state index contributed by atoms with van der Waals surface area (Å²) in [7, 11) is 0. The second-order valence-corrected chi connectivity index (χ2v) is 6.91. The van der Waals surface area contributed by atoms with E-state index in [0.717, 1.165) is 32.3 Å². The predicted molar refractivity (Wildman–Crippen MR) is 72.4 cm³/mol. The number of hydrogen-bond donors (Lipinski definition) is 1. The van der Waals surface area contributed by atoms with Crippen LogP contribution in [-0.2, 0) is 9.53 Å². The normalized spacial score (nSPS) is 28.3. The lowest BCUT2D eigenvalue weighted by Crippen LogP contribution is -2.45. The SMILES string of the molecule is CC(C)(N)CC(=O)C1CCOC2(CCCCC2)C1. The van der Waals surface area contributed by atoms with Crippen LogP contribution >= 0.6 is 0 Å². The summed E-state index contributed by atoms with van der Waals surface area (Å²) >= 11 is 0. The molecule has 0 aromatic carbocycles. The lowest BCUT2D eigenvalue weighted by atomic mass is 9.74. The summed E-state index contributed by atoms with van der Waals surface area (Å²) in [6, 6.07) is 0. The molecule has 1 saturated carbocycles. The van der Waals surface area contributed by atoms with Crippen LogP contribution in [0.25, 0.3) is 0 Å². The molecule has 0 aromatic rings. The van der Waals surface area contributed by atoms with Crippen LogP contribution in [0.1, 0.15) is 65.2 Å². The zero-order chi connectivity index (χ0) is 13.2. The van der Waals surface area contributed by atoms with E-state index in [1.165, 1.54) is 19.3 Å². The van der Waals surface area contributed by atoms with Gasteiger partial charge in [0.1, 0.15) is 5.78 Å². The minimum absolute atomic E-state index is 0.0234. The van der Waals surface area contributed by atoms with Crippen molar-refractivity contribution < 1.29 is 9.53 Å². The van der Waals surface area contributed by atoms with Crippen molar-refractivity contribution in [3.63, 3.8) is 0 Å². The second kappa shape index (κ2) is 5.30. The van der Waals surface area contributed by atoms with Gasteiger partial charge in [0.05, 0.1) is 5.60 Å². The van der Waals surface area contributed by atoms with E-state index < -0.39 is 0 Å². The fourth-order valence-electron chi connectivity index (χ4n) is 3.44. The van der Waals surface area contributed by atoms with Gasteiger partial charge in [-0.3, -0.25) is 4.79 Å². The van der Waals surface area contributed by atoms with Gasteiger partial charge >= 0.3 is 0 Å². The zero-order valence-electron chi connectivity index (χ0n) is 11.8. The third-order valence-electron chi connectivity index (χ3n) is 4.34. The van der Waals surface area contributed by atoms with Crippen molar-refractivity contribution in [1.29, 1.82) is 0 Å². The monoisotopic (exact) mass is 253 g/mol. The summed E-state index contributed by atoms with van der Waals surface area (Å²) in [5, 5.41) is 0. The summed E-state index contributed by atoms with van der Waals surface area (Å²) in [6.45, 7) is 4.61. The minimum Gasteiger partial charge on any atom is -0.375 e. The Bertz CT molecular complexity index is 295. The average Bonchev–Trinajstić information content (AvgIpc) is 2.28. The number of ether oxygens (including phenoxy) is 1. The number of carbonyl (C=O) groups is 1. The van der Waals surface area contributed by atoms with Gasteiger partial charge < -0.3 is 10.5 Å². The molecular weight excluding hydrogens is 226 g/mol. The fraction of sp³-hybridized carbons (Fsp3) is 0.933. The van der Waals surface area contributed by atoms with Crippen molar-refractivity contribution in [2.45, 2.75) is 76.4 Å². The van der Waals surface area contributed by atoms with Crippen molar-refractivity contribution in [3.8, 4) is 0 Å². The Morgan fingerprint density at radius 2 is 2.00 bits per heavy atom. The van der Waals surface area contributed by atoms with E-state index in [0.29, 0.717) is 12.2 Å². The van der Waals surface area contributed by atoms with Gasteiger partial charge in [-0.25, -0.2) is 0 Å². The molecule has 1 aliphatic heterocycles. The predicted octanol–water partition coefficient (Wildman–Crippen LogP) is 2.81. The summed E-state index contributed by atoms with van der Waals surface area (Å²) < 4.78 is 6.03. The Hall–Kier alpha value is -0.410. The second-order valence-electron chi connectivity index (χ2n) is 6.91. The van der Waals surface area contributed by atoms with Crippen molar-refractivity contribution in [1.82, 2.24) is 0 Å². The first-order valence-electron chi connectivity index (χ1n) is 7.36. The third-order valence-corrected chi connectivity index (χ3v) is 4.34. The Morgan fingerprint density at radius 3 is 2.61 bits per heavy atom. The highest BCUT2D eigenvalue weighted by Gasteiger charge is 2.40. The standard InChI is InChI=1S/C15H27NO2/c1-14(2,16)11-13(17)12-6-9-18-15(10-12)7-4-3-5-8-15/h12H,3-11,16H2,1-2H3. The summed E-state index contributed by atoms with van der Waals surface area (Å²) in [4.78, 5) is 12.3. The molecule has 2 aliphatic rings. The highest BCUT2D eigenvalue weighted by molar-refractivity contribution is 5.82.